The minimum atomic E-state index is 0.498. The molecule has 0 heterocycles. The number of nitrogens with one attached hydrogen (secondary N) is 1. The predicted molar refractivity (Wildman–Crippen MR) is 85.6 cm³/mol. The Morgan fingerprint density at radius 3 is 2.65 bits per heavy atom. The van der Waals surface area contributed by atoms with Crippen molar-refractivity contribution in [2.24, 2.45) is 0 Å². The molecule has 0 aliphatic heterocycles. The van der Waals surface area contributed by atoms with E-state index >= 15 is 0 Å². The molecule has 3 heteroatoms. The average Bonchev–Trinajstić information content (AvgIpc) is 2.43. The summed E-state index contributed by atoms with van der Waals surface area (Å²) in [5.41, 5.74) is 2.43. The molecule has 112 valence electrons. The van der Waals surface area contributed by atoms with Gasteiger partial charge in [-0.05, 0) is 31.0 Å². The third kappa shape index (κ3) is 5.66. The number of benzene rings is 1. The van der Waals surface area contributed by atoms with Crippen molar-refractivity contribution >= 4 is 6.08 Å². The fourth-order valence-electron chi connectivity index (χ4n) is 1.81. The molecule has 0 saturated carbocycles. The number of hydrogen-bond donors (Lipinski definition) is 1. The van der Waals surface area contributed by atoms with Gasteiger partial charge in [0, 0.05) is 12.6 Å². The average molecular weight is 277 g/mol. The van der Waals surface area contributed by atoms with E-state index in [9.17, 15) is 0 Å². The molecule has 3 nitrogen and oxygen atoms in total. The number of rotatable bonds is 8. The molecule has 0 atom stereocenters. The van der Waals surface area contributed by atoms with Gasteiger partial charge in [0.1, 0.15) is 0 Å². The molecule has 1 aromatic carbocycles. The Morgan fingerprint density at radius 2 is 2.05 bits per heavy atom. The van der Waals surface area contributed by atoms with E-state index in [0.29, 0.717) is 12.6 Å². The van der Waals surface area contributed by atoms with Crippen molar-refractivity contribution in [3.05, 3.63) is 29.3 Å². The molecule has 1 N–H and O–H groups in total. The van der Waals surface area contributed by atoms with Crippen molar-refractivity contribution in [1.29, 1.82) is 0 Å². The van der Waals surface area contributed by atoms with E-state index in [4.69, 9.17) is 9.47 Å². The first-order valence-electron chi connectivity index (χ1n) is 7.28. The summed E-state index contributed by atoms with van der Waals surface area (Å²) in [4.78, 5) is 0. The fourth-order valence-corrected chi connectivity index (χ4v) is 1.81. The van der Waals surface area contributed by atoms with Crippen LogP contribution in [0.25, 0.3) is 6.08 Å². The van der Waals surface area contributed by atoms with E-state index in [0.717, 1.165) is 30.0 Å². The highest BCUT2D eigenvalue weighted by atomic mass is 16.5. The maximum absolute atomic E-state index is 5.66. The highest BCUT2D eigenvalue weighted by molar-refractivity contribution is 5.58. The summed E-state index contributed by atoms with van der Waals surface area (Å²) < 4.78 is 11.1. The van der Waals surface area contributed by atoms with Crippen LogP contribution in [0.3, 0.4) is 0 Å². The van der Waals surface area contributed by atoms with Crippen LogP contribution in [0.5, 0.6) is 11.5 Å². The molecule has 1 rings (SSSR count). The molecule has 0 spiro atoms. The van der Waals surface area contributed by atoms with Crippen LogP contribution >= 0.6 is 0 Å². The molecular weight excluding hydrogens is 250 g/mol. The van der Waals surface area contributed by atoms with Gasteiger partial charge in [-0.25, -0.2) is 0 Å². The summed E-state index contributed by atoms with van der Waals surface area (Å²) in [7, 11) is 1.68. The predicted octanol–water partition coefficient (Wildman–Crippen LogP) is 3.89. The second kappa shape index (κ2) is 8.64. The van der Waals surface area contributed by atoms with E-state index < -0.39 is 0 Å². The van der Waals surface area contributed by atoms with E-state index in [1.165, 1.54) is 5.57 Å². The molecule has 20 heavy (non-hydrogen) atoms. The molecular formula is C17H27NO2. The highest BCUT2D eigenvalue weighted by Crippen LogP contribution is 2.29. The lowest BCUT2D eigenvalue weighted by Crippen LogP contribution is -2.24. The summed E-state index contributed by atoms with van der Waals surface area (Å²) in [6.07, 6.45) is 3.16. The first-order chi connectivity index (χ1) is 9.56. The lowest BCUT2D eigenvalue weighted by molar-refractivity contribution is 0.294. The van der Waals surface area contributed by atoms with E-state index in [1.54, 1.807) is 7.11 Å². The second-order valence-electron chi connectivity index (χ2n) is 5.29. The topological polar surface area (TPSA) is 30.5 Å². The Kier molecular flexibility index (Phi) is 7.16. The quantitative estimate of drug-likeness (QED) is 0.782. The summed E-state index contributed by atoms with van der Waals surface area (Å²) in [5.74, 6) is 1.60. The van der Waals surface area contributed by atoms with Crippen LogP contribution < -0.4 is 14.8 Å². The van der Waals surface area contributed by atoms with Gasteiger partial charge in [0.05, 0.1) is 13.7 Å². The molecule has 0 unspecified atom stereocenters. The number of hydrogen-bond acceptors (Lipinski definition) is 3. The van der Waals surface area contributed by atoms with Crippen molar-refractivity contribution < 1.29 is 9.47 Å². The van der Waals surface area contributed by atoms with E-state index in [1.807, 2.05) is 12.1 Å². The molecule has 0 saturated heterocycles. The minimum absolute atomic E-state index is 0.498. The monoisotopic (exact) mass is 277 g/mol. The van der Waals surface area contributed by atoms with Gasteiger partial charge < -0.3 is 14.8 Å². The van der Waals surface area contributed by atoms with Crippen molar-refractivity contribution in [2.45, 2.75) is 40.2 Å². The van der Waals surface area contributed by atoms with Gasteiger partial charge in [-0.3, -0.25) is 0 Å². The molecule has 1 aromatic rings. The summed E-state index contributed by atoms with van der Waals surface area (Å²) in [5, 5.41) is 3.41. The van der Waals surface area contributed by atoms with Crippen molar-refractivity contribution in [3.63, 3.8) is 0 Å². The zero-order valence-corrected chi connectivity index (χ0v) is 13.3. The summed E-state index contributed by atoms with van der Waals surface area (Å²) in [6, 6.07) is 6.55. The zero-order chi connectivity index (χ0) is 15.0. The third-order valence-corrected chi connectivity index (χ3v) is 2.85. The fraction of sp³-hybridized carbons (Fsp3) is 0.529. The van der Waals surface area contributed by atoms with Gasteiger partial charge in [0.2, 0.25) is 0 Å². The molecule has 0 fully saturated rings. The molecule has 0 aromatic heterocycles. The standard InChI is InChI=1S/C17H27NO2/c1-6-9-20-16-8-7-15(11-17(16)19-5)10-14(4)12-18-13(2)3/h7-8,10-11,13,18H,6,9,12H2,1-5H3. The lowest BCUT2D eigenvalue weighted by Gasteiger charge is -2.11. The van der Waals surface area contributed by atoms with Crippen molar-refractivity contribution in [3.8, 4) is 11.5 Å². The van der Waals surface area contributed by atoms with Crippen LogP contribution in [0, 0.1) is 0 Å². The maximum atomic E-state index is 5.66. The number of ether oxygens (including phenoxy) is 2. The molecule has 0 aliphatic rings. The van der Waals surface area contributed by atoms with Crippen LogP contribution in [0.1, 0.15) is 39.7 Å². The van der Waals surface area contributed by atoms with Crippen molar-refractivity contribution in [1.82, 2.24) is 5.32 Å². The van der Waals surface area contributed by atoms with Crippen LogP contribution in [-0.4, -0.2) is 26.3 Å². The Hall–Kier alpha value is -1.48. The van der Waals surface area contributed by atoms with Crippen molar-refractivity contribution in [2.75, 3.05) is 20.3 Å². The summed E-state index contributed by atoms with van der Waals surface area (Å²) >= 11 is 0. The Morgan fingerprint density at radius 1 is 1.30 bits per heavy atom. The Bertz CT molecular complexity index is 439. The molecule has 0 bridgehead atoms. The van der Waals surface area contributed by atoms with Gasteiger partial charge in [0.25, 0.3) is 0 Å². The van der Waals surface area contributed by atoms with Gasteiger partial charge in [0.15, 0.2) is 11.5 Å². The summed E-state index contributed by atoms with van der Waals surface area (Å²) in [6.45, 7) is 10.1. The number of methoxy groups -OCH3 is 1. The smallest absolute Gasteiger partial charge is 0.161 e. The molecule has 0 aliphatic carbocycles. The first-order valence-corrected chi connectivity index (χ1v) is 7.28. The van der Waals surface area contributed by atoms with Gasteiger partial charge >= 0.3 is 0 Å². The molecule has 0 amide bonds. The molecule has 0 radical (unpaired) electrons. The highest BCUT2D eigenvalue weighted by Gasteiger charge is 2.04. The van der Waals surface area contributed by atoms with E-state index in [2.05, 4.69) is 45.2 Å². The Balaban J connectivity index is 2.78. The largest absolute Gasteiger partial charge is 0.493 e. The van der Waals surface area contributed by atoms with Crippen LogP contribution in [-0.2, 0) is 0 Å². The lowest BCUT2D eigenvalue weighted by atomic mass is 10.1. The van der Waals surface area contributed by atoms with Crippen LogP contribution in [0.2, 0.25) is 0 Å². The van der Waals surface area contributed by atoms with E-state index in [-0.39, 0.29) is 0 Å². The Labute approximate surface area is 123 Å². The van der Waals surface area contributed by atoms with Gasteiger partial charge in [-0.1, -0.05) is 38.5 Å². The minimum Gasteiger partial charge on any atom is -0.493 e. The van der Waals surface area contributed by atoms with Crippen LogP contribution in [0.4, 0.5) is 0 Å². The first kappa shape index (κ1) is 16.6. The third-order valence-electron chi connectivity index (χ3n) is 2.85. The zero-order valence-electron chi connectivity index (χ0n) is 13.3. The van der Waals surface area contributed by atoms with Crippen LogP contribution in [0.15, 0.2) is 23.8 Å². The second-order valence-corrected chi connectivity index (χ2v) is 5.29. The maximum Gasteiger partial charge on any atom is 0.161 e. The SMILES string of the molecule is CCCOc1ccc(C=C(C)CNC(C)C)cc1OC. The normalized spacial score (nSPS) is 11.8. The van der Waals surface area contributed by atoms with Gasteiger partial charge in [-0.15, -0.1) is 0 Å². The van der Waals surface area contributed by atoms with Gasteiger partial charge in [-0.2, -0.15) is 0 Å².